The van der Waals surface area contributed by atoms with Gasteiger partial charge in [0.25, 0.3) is 0 Å². The summed E-state index contributed by atoms with van der Waals surface area (Å²) < 4.78 is 0. The van der Waals surface area contributed by atoms with Gasteiger partial charge in [-0.05, 0) is 30.3 Å². The van der Waals surface area contributed by atoms with E-state index in [0.29, 0.717) is 16.9 Å². The van der Waals surface area contributed by atoms with Crippen LogP contribution in [0.4, 0.5) is 17.2 Å². The highest BCUT2D eigenvalue weighted by Crippen LogP contribution is 2.31. The molecule has 3 N–H and O–H groups in total. The normalized spacial score (nSPS) is 11.0. The summed E-state index contributed by atoms with van der Waals surface area (Å²) in [5.41, 5.74) is 3.38. The van der Waals surface area contributed by atoms with E-state index in [1.807, 2.05) is 49.3 Å². The lowest BCUT2D eigenvalue weighted by Crippen LogP contribution is -2.08. The fourth-order valence-corrected chi connectivity index (χ4v) is 2.94. The Labute approximate surface area is 149 Å². The minimum atomic E-state index is -1.01. The molecule has 0 radical (unpaired) electrons. The van der Waals surface area contributed by atoms with Crippen molar-refractivity contribution in [3.63, 3.8) is 0 Å². The van der Waals surface area contributed by atoms with Crippen LogP contribution in [0.3, 0.4) is 0 Å². The first-order chi connectivity index (χ1) is 12.5. The van der Waals surface area contributed by atoms with Gasteiger partial charge in [-0.1, -0.05) is 6.07 Å². The van der Waals surface area contributed by atoms with Gasteiger partial charge in [-0.3, -0.25) is 4.98 Å². The maximum atomic E-state index is 11.4. The number of rotatable bonds is 4. The predicted octanol–water partition coefficient (Wildman–Crippen LogP) is 3.62. The van der Waals surface area contributed by atoms with E-state index in [-0.39, 0.29) is 5.69 Å². The van der Waals surface area contributed by atoms with Crippen LogP contribution in [0.2, 0.25) is 0 Å². The van der Waals surface area contributed by atoms with E-state index in [1.165, 1.54) is 0 Å². The second-order valence-electron chi connectivity index (χ2n) is 6.20. The lowest BCUT2D eigenvalue weighted by atomic mass is 10.1. The second-order valence-corrected chi connectivity index (χ2v) is 6.20. The molecular weight excluding hydrogens is 330 g/mol. The summed E-state index contributed by atoms with van der Waals surface area (Å²) in [6.07, 6.45) is 3.34. The van der Waals surface area contributed by atoms with E-state index in [0.717, 1.165) is 22.1 Å². The van der Waals surface area contributed by atoms with E-state index in [4.69, 9.17) is 0 Å². The minimum Gasteiger partial charge on any atom is -0.477 e. The maximum absolute atomic E-state index is 11.4. The van der Waals surface area contributed by atoms with E-state index in [2.05, 4.69) is 20.3 Å². The minimum absolute atomic E-state index is 0.121. The van der Waals surface area contributed by atoms with Crippen molar-refractivity contribution in [1.82, 2.24) is 15.0 Å². The van der Waals surface area contributed by atoms with Crippen LogP contribution in [0.15, 0.2) is 48.8 Å². The Bertz CT molecular complexity index is 1130. The standard InChI is InChI=1S/C19H17N5O2/c1-24(2)12-5-3-4-11(8-12)21-18-17-14(9-15(22-17)19(25)26)13-6-7-20-10-16(13)23-18/h3-10,22H,1-2H3,(H,21,23)(H,25,26). The molecule has 0 atom stereocenters. The van der Waals surface area contributed by atoms with Gasteiger partial charge in [-0.15, -0.1) is 0 Å². The number of aromatic nitrogens is 3. The summed E-state index contributed by atoms with van der Waals surface area (Å²) >= 11 is 0. The summed E-state index contributed by atoms with van der Waals surface area (Å²) in [5.74, 6) is -0.451. The van der Waals surface area contributed by atoms with Crippen molar-refractivity contribution in [3.8, 4) is 0 Å². The molecule has 3 aromatic heterocycles. The van der Waals surface area contributed by atoms with Gasteiger partial charge in [0.15, 0.2) is 5.82 Å². The molecule has 4 rings (SSSR count). The second kappa shape index (κ2) is 6.03. The first-order valence-corrected chi connectivity index (χ1v) is 8.07. The smallest absolute Gasteiger partial charge is 0.352 e. The number of nitrogens with zero attached hydrogens (tertiary/aromatic N) is 3. The Morgan fingerprint density at radius 3 is 2.81 bits per heavy atom. The maximum Gasteiger partial charge on any atom is 0.352 e. The highest BCUT2D eigenvalue weighted by molar-refractivity contribution is 6.11. The van der Waals surface area contributed by atoms with Crippen molar-refractivity contribution in [2.45, 2.75) is 0 Å². The lowest BCUT2D eigenvalue weighted by Gasteiger charge is -2.15. The molecule has 26 heavy (non-hydrogen) atoms. The van der Waals surface area contributed by atoms with Crippen molar-refractivity contribution in [2.75, 3.05) is 24.3 Å². The summed E-state index contributed by atoms with van der Waals surface area (Å²) in [6.45, 7) is 0. The molecule has 0 saturated carbocycles. The van der Waals surface area contributed by atoms with Crippen molar-refractivity contribution in [2.24, 2.45) is 0 Å². The Balaban J connectivity index is 1.90. The number of carboxylic acid groups (broad SMARTS) is 1. The van der Waals surface area contributed by atoms with E-state index in [1.54, 1.807) is 18.5 Å². The van der Waals surface area contributed by atoms with Crippen LogP contribution in [0.25, 0.3) is 21.8 Å². The molecule has 0 bridgehead atoms. The summed E-state index contributed by atoms with van der Waals surface area (Å²) in [6, 6.07) is 11.4. The summed E-state index contributed by atoms with van der Waals surface area (Å²) in [5, 5.41) is 14.3. The predicted molar refractivity (Wildman–Crippen MR) is 102 cm³/mol. The van der Waals surface area contributed by atoms with Crippen LogP contribution in [-0.4, -0.2) is 40.1 Å². The zero-order chi connectivity index (χ0) is 18.3. The van der Waals surface area contributed by atoms with Crippen molar-refractivity contribution in [1.29, 1.82) is 0 Å². The Hall–Kier alpha value is -3.61. The Morgan fingerprint density at radius 1 is 1.19 bits per heavy atom. The molecular formula is C19H17N5O2. The number of benzene rings is 1. The number of hydrogen-bond acceptors (Lipinski definition) is 5. The SMILES string of the molecule is CN(C)c1cccc(Nc2nc3cnccc3c3cc(C(=O)O)[nH]c23)c1. The fraction of sp³-hybridized carbons (Fsp3) is 0.105. The van der Waals surface area contributed by atoms with Crippen LogP contribution >= 0.6 is 0 Å². The van der Waals surface area contributed by atoms with Crippen LogP contribution in [-0.2, 0) is 0 Å². The third kappa shape index (κ3) is 2.69. The molecule has 7 heteroatoms. The molecule has 7 nitrogen and oxygen atoms in total. The average Bonchev–Trinajstić information content (AvgIpc) is 3.08. The zero-order valence-corrected chi connectivity index (χ0v) is 14.3. The fourth-order valence-electron chi connectivity index (χ4n) is 2.94. The molecule has 0 saturated heterocycles. The molecule has 0 aliphatic heterocycles. The van der Waals surface area contributed by atoms with E-state index >= 15 is 0 Å². The quantitative estimate of drug-likeness (QED) is 0.522. The van der Waals surface area contributed by atoms with Gasteiger partial charge >= 0.3 is 5.97 Å². The van der Waals surface area contributed by atoms with E-state index in [9.17, 15) is 9.90 Å². The molecule has 4 aromatic rings. The highest BCUT2D eigenvalue weighted by Gasteiger charge is 2.15. The van der Waals surface area contributed by atoms with Crippen molar-refractivity contribution < 1.29 is 9.90 Å². The molecule has 0 unspecified atom stereocenters. The molecule has 1 aromatic carbocycles. The number of carboxylic acids is 1. The first kappa shape index (κ1) is 15.9. The van der Waals surface area contributed by atoms with Crippen LogP contribution in [0, 0.1) is 0 Å². The highest BCUT2D eigenvalue weighted by atomic mass is 16.4. The molecule has 130 valence electrons. The molecule has 0 fully saturated rings. The van der Waals surface area contributed by atoms with Crippen molar-refractivity contribution >= 4 is 45.0 Å². The Kier molecular flexibility index (Phi) is 3.69. The monoisotopic (exact) mass is 347 g/mol. The number of H-pyrrole nitrogens is 1. The molecule has 0 spiro atoms. The van der Waals surface area contributed by atoms with Gasteiger partial charge in [-0.25, -0.2) is 9.78 Å². The topological polar surface area (TPSA) is 94.1 Å². The Morgan fingerprint density at radius 2 is 2.04 bits per heavy atom. The summed E-state index contributed by atoms with van der Waals surface area (Å²) in [7, 11) is 3.95. The van der Waals surface area contributed by atoms with Gasteiger partial charge in [0.2, 0.25) is 0 Å². The van der Waals surface area contributed by atoms with Gasteiger partial charge in [-0.2, -0.15) is 0 Å². The zero-order valence-electron chi connectivity index (χ0n) is 14.3. The lowest BCUT2D eigenvalue weighted by molar-refractivity contribution is 0.0691. The van der Waals surface area contributed by atoms with Gasteiger partial charge in [0, 0.05) is 42.4 Å². The largest absolute Gasteiger partial charge is 0.477 e. The molecule has 0 aliphatic rings. The molecule has 0 aliphatic carbocycles. The number of fused-ring (bicyclic) bond motifs is 3. The molecule has 3 heterocycles. The van der Waals surface area contributed by atoms with Crippen LogP contribution in [0.5, 0.6) is 0 Å². The van der Waals surface area contributed by atoms with Gasteiger partial charge < -0.3 is 20.3 Å². The number of aromatic amines is 1. The average molecular weight is 347 g/mol. The number of hydrogen-bond donors (Lipinski definition) is 3. The summed E-state index contributed by atoms with van der Waals surface area (Å²) in [4.78, 5) is 25.1. The number of pyridine rings is 2. The number of anilines is 3. The number of aromatic carboxylic acids is 1. The van der Waals surface area contributed by atoms with Crippen molar-refractivity contribution in [3.05, 3.63) is 54.5 Å². The number of carbonyl (C=O) groups is 1. The number of nitrogens with one attached hydrogen (secondary N) is 2. The third-order valence-corrected chi connectivity index (χ3v) is 4.23. The third-order valence-electron chi connectivity index (χ3n) is 4.23. The van der Waals surface area contributed by atoms with Gasteiger partial charge in [0.1, 0.15) is 5.69 Å². The first-order valence-electron chi connectivity index (χ1n) is 8.07. The van der Waals surface area contributed by atoms with E-state index < -0.39 is 5.97 Å². The molecule has 0 amide bonds. The van der Waals surface area contributed by atoms with Crippen LogP contribution < -0.4 is 10.2 Å². The van der Waals surface area contributed by atoms with Crippen LogP contribution in [0.1, 0.15) is 10.5 Å². The van der Waals surface area contributed by atoms with Gasteiger partial charge in [0.05, 0.1) is 17.2 Å².